The molecule has 0 aliphatic heterocycles. The lowest BCUT2D eigenvalue weighted by Crippen LogP contribution is -2.34. The van der Waals surface area contributed by atoms with Crippen LogP contribution >= 0.6 is 0 Å². The largest absolute Gasteiger partial charge is 0.464 e. The SMILES string of the molecule is COC(=O)c1ccc(C2(c3cc4c(cc3C)C(C)(C)CCC4(C)C)CC2)cn1. The summed E-state index contributed by atoms with van der Waals surface area (Å²) in [5, 5.41) is 0. The van der Waals surface area contributed by atoms with E-state index in [1.165, 1.54) is 47.8 Å². The number of pyridine rings is 1. The zero-order chi connectivity index (χ0) is 20.3. The van der Waals surface area contributed by atoms with Gasteiger partial charge in [0.1, 0.15) is 5.69 Å². The minimum Gasteiger partial charge on any atom is -0.464 e. The van der Waals surface area contributed by atoms with Crippen molar-refractivity contribution in [2.24, 2.45) is 0 Å². The maximum Gasteiger partial charge on any atom is 0.356 e. The fourth-order valence-corrected chi connectivity index (χ4v) is 4.98. The highest BCUT2D eigenvalue weighted by Gasteiger charge is 2.48. The van der Waals surface area contributed by atoms with E-state index >= 15 is 0 Å². The first-order valence-corrected chi connectivity index (χ1v) is 10.3. The monoisotopic (exact) mass is 377 g/mol. The number of hydrogen-bond acceptors (Lipinski definition) is 3. The quantitative estimate of drug-likeness (QED) is 0.653. The number of esters is 1. The van der Waals surface area contributed by atoms with Gasteiger partial charge < -0.3 is 4.74 Å². The third-order valence-corrected chi connectivity index (χ3v) is 7.17. The summed E-state index contributed by atoms with van der Waals surface area (Å²) in [6, 6.07) is 8.79. The van der Waals surface area contributed by atoms with E-state index in [9.17, 15) is 4.79 Å². The second-order valence-electron chi connectivity index (χ2n) is 9.99. The number of carbonyl (C=O) groups is 1. The molecule has 148 valence electrons. The number of benzene rings is 1. The van der Waals surface area contributed by atoms with Gasteiger partial charge >= 0.3 is 5.97 Å². The highest BCUT2D eigenvalue weighted by Crippen LogP contribution is 2.56. The molecule has 0 unspecified atom stereocenters. The molecule has 2 aromatic rings. The molecular formula is C25H31NO2. The first kappa shape index (κ1) is 19.2. The number of fused-ring (bicyclic) bond motifs is 1. The topological polar surface area (TPSA) is 39.2 Å². The number of rotatable bonds is 3. The molecule has 1 aromatic heterocycles. The van der Waals surface area contributed by atoms with Gasteiger partial charge in [-0.1, -0.05) is 45.9 Å². The van der Waals surface area contributed by atoms with E-state index in [4.69, 9.17) is 4.74 Å². The second kappa shape index (κ2) is 6.17. The molecule has 0 atom stereocenters. The van der Waals surface area contributed by atoms with Crippen LogP contribution < -0.4 is 0 Å². The molecule has 3 nitrogen and oxygen atoms in total. The normalized spacial score (nSPS) is 20.9. The summed E-state index contributed by atoms with van der Waals surface area (Å²) in [7, 11) is 1.39. The number of aryl methyl sites for hydroxylation is 1. The number of ether oxygens (including phenoxy) is 1. The van der Waals surface area contributed by atoms with Gasteiger partial charge in [0.25, 0.3) is 0 Å². The molecule has 0 spiro atoms. The van der Waals surface area contributed by atoms with Gasteiger partial charge in [-0.2, -0.15) is 0 Å². The molecule has 1 saturated carbocycles. The highest BCUT2D eigenvalue weighted by molar-refractivity contribution is 5.87. The summed E-state index contributed by atoms with van der Waals surface area (Å²) < 4.78 is 4.78. The molecular weight excluding hydrogens is 346 g/mol. The molecule has 1 fully saturated rings. The highest BCUT2D eigenvalue weighted by atomic mass is 16.5. The van der Waals surface area contributed by atoms with Gasteiger partial charge in [0.2, 0.25) is 0 Å². The molecule has 0 amide bonds. The van der Waals surface area contributed by atoms with E-state index in [-0.39, 0.29) is 22.2 Å². The van der Waals surface area contributed by atoms with Crippen LogP contribution in [0.1, 0.15) is 91.7 Å². The van der Waals surface area contributed by atoms with Crippen molar-refractivity contribution in [3.05, 3.63) is 64.0 Å². The van der Waals surface area contributed by atoms with Gasteiger partial charge in [-0.3, -0.25) is 0 Å². The molecule has 1 heterocycles. The van der Waals surface area contributed by atoms with Crippen LogP contribution in [0.25, 0.3) is 0 Å². The predicted octanol–water partition coefficient (Wildman–Crippen LogP) is 5.61. The van der Waals surface area contributed by atoms with Gasteiger partial charge in [-0.15, -0.1) is 0 Å². The molecule has 0 N–H and O–H groups in total. The third kappa shape index (κ3) is 2.87. The molecule has 1 aromatic carbocycles. The summed E-state index contributed by atoms with van der Waals surface area (Å²) in [4.78, 5) is 16.1. The van der Waals surface area contributed by atoms with Crippen molar-refractivity contribution in [2.45, 2.75) is 76.5 Å². The Bertz CT molecular complexity index is 934. The van der Waals surface area contributed by atoms with Crippen molar-refractivity contribution in [1.82, 2.24) is 4.98 Å². The van der Waals surface area contributed by atoms with Crippen LogP contribution in [0.3, 0.4) is 0 Å². The number of carbonyl (C=O) groups excluding carboxylic acids is 1. The molecule has 3 heteroatoms. The van der Waals surface area contributed by atoms with Crippen molar-refractivity contribution in [1.29, 1.82) is 0 Å². The number of aromatic nitrogens is 1. The Morgan fingerprint density at radius 3 is 2.04 bits per heavy atom. The van der Waals surface area contributed by atoms with E-state index in [1.807, 2.05) is 6.20 Å². The van der Waals surface area contributed by atoms with Gasteiger partial charge in [0.15, 0.2) is 0 Å². The van der Waals surface area contributed by atoms with E-state index in [1.54, 1.807) is 6.07 Å². The number of hydrogen-bond donors (Lipinski definition) is 0. The predicted molar refractivity (Wildman–Crippen MR) is 112 cm³/mol. The minimum atomic E-state index is -0.384. The Morgan fingerprint density at radius 2 is 1.54 bits per heavy atom. The van der Waals surface area contributed by atoms with Crippen molar-refractivity contribution < 1.29 is 9.53 Å². The summed E-state index contributed by atoms with van der Waals surface area (Å²) in [5.41, 5.74) is 7.88. The Kier molecular flexibility index (Phi) is 4.22. The van der Waals surface area contributed by atoms with E-state index in [2.05, 4.69) is 57.8 Å². The molecule has 0 saturated heterocycles. The van der Waals surface area contributed by atoms with Gasteiger partial charge in [-0.25, -0.2) is 9.78 Å². The molecule has 0 bridgehead atoms. The number of nitrogens with zero attached hydrogens (tertiary/aromatic N) is 1. The van der Waals surface area contributed by atoms with Crippen LogP contribution in [-0.4, -0.2) is 18.1 Å². The van der Waals surface area contributed by atoms with E-state index in [0.717, 1.165) is 12.8 Å². The van der Waals surface area contributed by atoms with Gasteiger partial charge in [-0.05, 0) is 77.3 Å². The van der Waals surface area contributed by atoms with E-state index < -0.39 is 0 Å². The molecule has 2 aliphatic carbocycles. The van der Waals surface area contributed by atoms with Crippen LogP contribution in [0.5, 0.6) is 0 Å². The lowest BCUT2D eigenvalue weighted by molar-refractivity contribution is 0.0594. The van der Waals surface area contributed by atoms with Crippen molar-refractivity contribution >= 4 is 5.97 Å². The smallest absolute Gasteiger partial charge is 0.356 e. The van der Waals surface area contributed by atoms with Gasteiger partial charge in [0.05, 0.1) is 7.11 Å². The molecule has 0 radical (unpaired) electrons. The summed E-state index contributed by atoms with van der Waals surface area (Å²) >= 11 is 0. The first-order chi connectivity index (χ1) is 13.1. The maximum atomic E-state index is 11.7. The maximum absolute atomic E-state index is 11.7. The van der Waals surface area contributed by atoms with E-state index in [0.29, 0.717) is 5.69 Å². The van der Waals surface area contributed by atoms with Crippen LogP contribution in [0.15, 0.2) is 30.5 Å². The van der Waals surface area contributed by atoms with Crippen LogP contribution in [-0.2, 0) is 21.0 Å². The Morgan fingerprint density at radius 1 is 0.929 bits per heavy atom. The minimum absolute atomic E-state index is 0.0401. The Hall–Kier alpha value is -2.16. The fraction of sp³-hybridized carbons (Fsp3) is 0.520. The number of methoxy groups -OCH3 is 1. The summed E-state index contributed by atoms with van der Waals surface area (Å²) in [6.45, 7) is 11.8. The average Bonchev–Trinajstić information content (AvgIpc) is 3.46. The summed E-state index contributed by atoms with van der Waals surface area (Å²) in [5.74, 6) is -0.384. The standard InChI is InChI=1S/C25H31NO2/c1-16-13-19-20(24(4,5)10-9-23(19,2)3)14-18(16)25(11-12-25)17-7-8-21(26-15-17)22(27)28-6/h7-8,13-15H,9-12H2,1-6H3. The summed E-state index contributed by atoms with van der Waals surface area (Å²) in [6.07, 6.45) is 6.59. The Labute approximate surface area is 168 Å². The van der Waals surface area contributed by atoms with Crippen LogP contribution in [0.2, 0.25) is 0 Å². The average molecular weight is 378 g/mol. The lowest BCUT2D eigenvalue weighted by Gasteiger charge is -2.43. The fourth-order valence-electron chi connectivity index (χ4n) is 4.98. The zero-order valence-electron chi connectivity index (χ0n) is 18.0. The molecule has 28 heavy (non-hydrogen) atoms. The Balaban J connectivity index is 1.80. The lowest BCUT2D eigenvalue weighted by atomic mass is 9.62. The zero-order valence-corrected chi connectivity index (χ0v) is 18.0. The van der Waals surface area contributed by atoms with Crippen LogP contribution in [0, 0.1) is 6.92 Å². The molecule has 4 rings (SSSR count). The second-order valence-corrected chi connectivity index (χ2v) is 9.99. The van der Waals surface area contributed by atoms with Crippen molar-refractivity contribution in [3.63, 3.8) is 0 Å². The van der Waals surface area contributed by atoms with Crippen molar-refractivity contribution in [3.8, 4) is 0 Å². The molecule has 2 aliphatic rings. The van der Waals surface area contributed by atoms with Crippen molar-refractivity contribution in [2.75, 3.05) is 7.11 Å². The first-order valence-electron chi connectivity index (χ1n) is 10.3. The van der Waals surface area contributed by atoms with Gasteiger partial charge in [0, 0.05) is 11.6 Å². The van der Waals surface area contributed by atoms with Crippen LogP contribution in [0.4, 0.5) is 0 Å². The third-order valence-electron chi connectivity index (χ3n) is 7.17.